The number of hydrogen-bond acceptors (Lipinski definition) is 5. The number of furan rings is 1. The van der Waals surface area contributed by atoms with Crippen LogP contribution in [0.1, 0.15) is 49.6 Å². The van der Waals surface area contributed by atoms with Gasteiger partial charge in [0.25, 0.3) is 0 Å². The fourth-order valence-electron chi connectivity index (χ4n) is 3.18. The summed E-state index contributed by atoms with van der Waals surface area (Å²) < 4.78 is 5.31. The summed E-state index contributed by atoms with van der Waals surface area (Å²) in [4.78, 5) is 11.3. The van der Waals surface area contributed by atoms with Gasteiger partial charge in [-0.05, 0) is 38.3 Å². The summed E-state index contributed by atoms with van der Waals surface area (Å²) >= 11 is 0. The van der Waals surface area contributed by atoms with Gasteiger partial charge in [0, 0.05) is 30.8 Å². The van der Waals surface area contributed by atoms with Crippen molar-refractivity contribution < 1.29 is 9.52 Å². The maximum absolute atomic E-state index is 10.3. The number of rotatable bonds is 5. The van der Waals surface area contributed by atoms with Crippen LogP contribution in [0.2, 0.25) is 0 Å². The van der Waals surface area contributed by atoms with Crippen molar-refractivity contribution in [2.75, 3.05) is 11.4 Å². The van der Waals surface area contributed by atoms with Gasteiger partial charge in [0.1, 0.15) is 23.5 Å². The van der Waals surface area contributed by atoms with Crippen LogP contribution in [0.4, 0.5) is 5.82 Å². The van der Waals surface area contributed by atoms with Gasteiger partial charge < -0.3 is 14.4 Å². The molecule has 5 nitrogen and oxygen atoms in total. The van der Waals surface area contributed by atoms with Crippen molar-refractivity contribution in [3.63, 3.8) is 0 Å². The van der Waals surface area contributed by atoms with Gasteiger partial charge in [-0.2, -0.15) is 0 Å². The van der Waals surface area contributed by atoms with Crippen LogP contribution in [0.15, 0.2) is 28.9 Å². The molecular formula is C17H23N3O2. The topological polar surface area (TPSA) is 62.4 Å². The van der Waals surface area contributed by atoms with E-state index in [-0.39, 0.29) is 0 Å². The molecule has 1 fully saturated rings. The van der Waals surface area contributed by atoms with E-state index in [4.69, 9.17) is 4.42 Å². The molecule has 22 heavy (non-hydrogen) atoms. The van der Waals surface area contributed by atoms with Crippen LogP contribution >= 0.6 is 0 Å². The van der Waals surface area contributed by atoms with Gasteiger partial charge in [-0.1, -0.05) is 6.92 Å². The predicted octanol–water partition coefficient (Wildman–Crippen LogP) is 3.03. The van der Waals surface area contributed by atoms with Crippen molar-refractivity contribution in [2.24, 2.45) is 0 Å². The highest BCUT2D eigenvalue weighted by molar-refractivity contribution is 5.42. The number of anilines is 1. The van der Waals surface area contributed by atoms with Crippen LogP contribution in [0, 0.1) is 6.92 Å². The predicted molar refractivity (Wildman–Crippen MR) is 84.8 cm³/mol. The fraction of sp³-hybridized carbons (Fsp3) is 0.529. The summed E-state index contributed by atoms with van der Waals surface area (Å²) in [5.41, 5.74) is 1.07. The quantitative estimate of drug-likeness (QED) is 0.919. The highest BCUT2D eigenvalue weighted by Gasteiger charge is 2.29. The van der Waals surface area contributed by atoms with Gasteiger partial charge in [0.15, 0.2) is 0 Å². The van der Waals surface area contributed by atoms with E-state index in [0.29, 0.717) is 18.2 Å². The molecule has 3 heterocycles. The number of hydrogen-bond donors (Lipinski definition) is 1. The molecule has 0 aromatic carbocycles. The van der Waals surface area contributed by atoms with Crippen LogP contribution in [0.3, 0.4) is 0 Å². The number of aryl methyl sites for hydroxylation is 2. The zero-order valence-electron chi connectivity index (χ0n) is 13.2. The van der Waals surface area contributed by atoms with Crippen LogP contribution in [0.25, 0.3) is 0 Å². The highest BCUT2D eigenvalue weighted by atomic mass is 16.4. The Kier molecular flexibility index (Phi) is 4.43. The average Bonchev–Trinajstić information content (AvgIpc) is 3.17. The lowest BCUT2D eigenvalue weighted by molar-refractivity contribution is 0.132. The number of aromatic nitrogens is 2. The second-order valence-electron chi connectivity index (χ2n) is 5.87. The third kappa shape index (κ3) is 3.14. The molecule has 1 aliphatic heterocycles. The Morgan fingerprint density at radius 2 is 2.32 bits per heavy atom. The molecule has 0 bridgehead atoms. The molecule has 5 heteroatoms. The van der Waals surface area contributed by atoms with E-state index in [1.165, 1.54) is 0 Å². The Morgan fingerprint density at radius 1 is 1.45 bits per heavy atom. The minimum absolute atomic E-state index is 0.291. The van der Waals surface area contributed by atoms with Crippen molar-refractivity contribution in [1.29, 1.82) is 0 Å². The van der Waals surface area contributed by atoms with E-state index in [0.717, 1.165) is 43.1 Å². The van der Waals surface area contributed by atoms with E-state index in [9.17, 15) is 5.11 Å². The first-order chi connectivity index (χ1) is 10.7. The van der Waals surface area contributed by atoms with Crippen LogP contribution in [-0.4, -0.2) is 27.7 Å². The van der Waals surface area contributed by atoms with Gasteiger partial charge in [0.05, 0.1) is 6.26 Å². The van der Waals surface area contributed by atoms with Crippen molar-refractivity contribution in [1.82, 2.24) is 9.97 Å². The monoisotopic (exact) mass is 301 g/mol. The molecule has 2 aromatic rings. The summed E-state index contributed by atoms with van der Waals surface area (Å²) in [5.74, 6) is 2.44. The maximum Gasteiger partial charge on any atom is 0.132 e. The first-order valence-electron chi connectivity index (χ1n) is 8.00. The van der Waals surface area contributed by atoms with Crippen LogP contribution in [0.5, 0.6) is 0 Å². The molecule has 1 N–H and O–H groups in total. The molecule has 1 aliphatic rings. The lowest BCUT2D eigenvalue weighted by atomic mass is 10.1. The molecule has 0 spiro atoms. The third-order valence-electron chi connectivity index (χ3n) is 4.28. The van der Waals surface area contributed by atoms with Crippen molar-refractivity contribution in [3.8, 4) is 0 Å². The second kappa shape index (κ2) is 6.48. The Morgan fingerprint density at radius 3 is 3.05 bits per heavy atom. The number of aliphatic hydroxyl groups excluding tert-OH is 1. The largest absolute Gasteiger partial charge is 0.467 e. The summed E-state index contributed by atoms with van der Waals surface area (Å²) in [6.45, 7) is 5.02. The van der Waals surface area contributed by atoms with E-state index >= 15 is 0 Å². The number of nitrogens with zero attached hydrogens (tertiary/aromatic N) is 3. The summed E-state index contributed by atoms with van der Waals surface area (Å²) in [6.07, 6.45) is 4.81. The van der Waals surface area contributed by atoms with Crippen molar-refractivity contribution in [3.05, 3.63) is 41.7 Å². The van der Waals surface area contributed by atoms with Crippen molar-refractivity contribution in [2.45, 2.75) is 51.7 Å². The van der Waals surface area contributed by atoms with Gasteiger partial charge in [0.2, 0.25) is 0 Å². The molecular weight excluding hydrogens is 278 g/mol. The van der Waals surface area contributed by atoms with Crippen LogP contribution in [-0.2, 0) is 6.42 Å². The Labute approximate surface area is 131 Å². The molecule has 2 unspecified atom stereocenters. The standard InChI is InChI=1S/C17H23N3O2/c1-3-13-10-17(19-12(2)18-13)20-8-4-6-14(20)11-15(21)16-7-5-9-22-16/h5,7,9-10,14-15,21H,3-4,6,8,11H2,1-2H3. The van der Waals surface area contributed by atoms with Gasteiger partial charge in [-0.3, -0.25) is 0 Å². The molecule has 0 amide bonds. The average molecular weight is 301 g/mol. The molecule has 1 saturated heterocycles. The third-order valence-corrected chi connectivity index (χ3v) is 4.28. The smallest absolute Gasteiger partial charge is 0.132 e. The zero-order valence-corrected chi connectivity index (χ0v) is 13.2. The molecule has 0 aliphatic carbocycles. The molecule has 3 rings (SSSR count). The lowest BCUT2D eigenvalue weighted by Crippen LogP contribution is -2.31. The first-order valence-corrected chi connectivity index (χ1v) is 8.00. The van der Waals surface area contributed by atoms with E-state index in [2.05, 4.69) is 27.9 Å². The van der Waals surface area contributed by atoms with E-state index in [1.54, 1.807) is 6.26 Å². The molecule has 118 valence electrons. The minimum Gasteiger partial charge on any atom is -0.467 e. The SMILES string of the molecule is CCc1cc(N2CCCC2CC(O)c2ccco2)nc(C)n1. The Bertz CT molecular complexity index is 612. The van der Waals surface area contributed by atoms with Gasteiger partial charge in [-0.25, -0.2) is 9.97 Å². The second-order valence-corrected chi connectivity index (χ2v) is 5.87. The Hall–Kier alpha value is -1.88. The van der Waals surface area contributed by atoms with E-state index in [1.807, 2.05) is 19.1 Å². The number of aliphatic hydroxyl groups is 1. The normalized spacial score (nSPS) is 19.6. The summed E-state index contributed by atoms with van der Waals surface area (Å²) in [7, 11) is 0. The summed E-state index contributed by atoms with van der Waals surface area (Å²) in [5, 5.41) is 10.3. The maximum atomic E-state index is 10.3. The fourth-order valence-corrected chi connectivity index (χ4v) is 3.18. The molecule has 2 atom stereocenters. The highest BCUT2D eigenvalue weighted by Crippen LogP contribution is 2.31. The molecule has 0 radical (unpaired) electrons. The van der Waals surface area contributed by atoms with Gasteiger partial charge >= 0.3 is 0 Å². The zero-order chi connectivity index (χ0) is 15.5. The Balaban J connectivity index is 1.77. The molecule has 2 aromatic heterocycles. The first kappa shape index (κ1) is 15.0. The van der Waals surface area contributed by atoms with Gasteiger partial charge in [-0.15, -0.1) is 0 Å². The minimum atomic E-state index is -0.561. The van der Waals surface area contributed by atoms with Crippen molar-refractivity contribution >= 4 is 5.82 Å². The van der Waals surface area contributed by atoms with Crippen LogP contribution < -0.4 is 4.90 Å². The lowest BCUT2D eigenvalue weighted by Gasteiger charge is -2.27. The molecule has 0 saturated carbocycles. The van der Waals surface area contributed by atoms with E-state index < -0.39 is 6.10 Å². The summed E-state index contributed by atoms with van der Waals surface area (Å²) in [6, 6.07) is 6.00.